The molecular weight excluding hydrogens is 444 g/mol. The van der Waals surface area contributed by atoms with Gasteiger partial charge in [-0.25, -0.2) is 13.8 Å². The minimum atomic E-state index is -0.614. The molecule has 3 N–H and O–H groups in total. The molecule has 1 aromatic heterocycles. The van der Waals surface area contributed by atoms with Gasteiger partial charge < -0.3 is 20.5 Å². The largest absolute Gasteiger partial charge is 0.340 e. The Hall–Kier alpha value is -2.91. The number of carbonyl (C=O) groups is 1. The number of nitrogens with one attached hydrogen (secondary N) is 1. The van der Waals surface area contributed by atoms with Crippen LogP contribution in [0.1, 0.15) is 26.6 Å². The average Bonchev–Trinajstić information content (AvgIpc) is 3.11. The molecule has 176 valence electrons. The fourth-order valence-corrected chi connectivity index (χ4v) is 3.69. The third kappa shape index (κ3) is 5.20. The quantitative estimate of drug-likeness (QED) is 0.589. The van der Waals surface area contributed by atoms with Crippen LogP contribution in [0.2, 0.25) is 0 Å². The summed E-state index contributed by atoms with van der Waals surface area (Å²) in [6.07, 6.45) is 0. The van der Waals surface area contributed by atoms with E-state index >= 15 is 0 Å². The predicted octanol–water partition coefficient (Wildman–Crippen LogP) is 4.40. The number of hydrogen-bond acceptors (Lipinski definition) is 4. The molecule has 0 unspecified atom stereocenters. The van der Waals surface area contributed by atoms with Gasteiger partial charge in [0.15, 0.2) is 0 Å². The number of nitrogens with zero attached hydrogens (tertiary/aromatic N) is 3. The lowest BCUT2D eigenvalue weighted by Gasteiger charge is -2.34. The second-order valence-electron chi connectivity index (χ2n) is 9.12. The van der Waals surface area contributed by atoms with Crippen LogP contribution in [-0.4, -0.2) is 32.9 Å². The van der Waals surface area contributed by atoms with E-state index in [4.69, 9.17) is 10.7 Å². The van der Waals surface area contributed by atoms with Crippen molar-refractivity contribution >= 4 is 30.9 Å². The number of amides is 1. The number of carbonyl (C=O) groups excluding carboxylic acids is 1. The minimum Gasteiger partial charge on any atom is -0.340 e. The molecule has 0 radical (unpaired) electrons. The summed E-state index contributed by atoms with van der Waals surface area (Å²) in [6.45, 7) is 7.16. The van der Waals surface area contributed by atoms with E-state index in [1.807, 2.05) is 25.3 Å². The second-order valence-corrected chi connectivity index (χ2v) is 9.12. The van der Waals surface area contributed by atoms with Gasteiger partial charge >= 0.3 is 0 Å². The first-order valence-electron chi connectivity index (χ1n) is 10.6. The van der Waals surface area contributed by atoms with E-state index in [1.165, 1.54) is 24.3 Å². The van der Waals surface area contributed by atoms with Gasteiger partial charge in [0.2, 0.25) is 5.91 Å². The minimum absolute atomic E-state index is 0. The van der Waals surface area contributed by atoms with Gasteiger partial charge in [-0.2, -0.15) is 13.5 Å². The van der Waals surface area contributed by atoms with Crippen LogP contribution in [0.15, 0.2) is 48.5 Å². The molecule has 33 heavy (non-hydrogen) atoms. The van der Waals surface area contributed by atoms with Crippen LogP contribution in [0.4, 0.5) is 20.3 Å². The van der Waals surface area contributed by atoms with Crippen LogP contribution in [-0.2, 0) is 17.9 Å². The van der Waals surface area contributed by atoms with Gasteiger partial charge in [0.25, 0.3) is 0 Å². The maximum Gasteiger partial charge on any atom is 0.240 e. The highest BCUT2D eigenvalue weighted by molar-refractivity contribution is 7.59. The average molecular weight is 474 g/mol. The first-order valence-corrected chi connectivity index (χ1v) is 10.6. The Balaban J connectivity index is 0.00000306. The van der Waals surface area contributed by atoms with Crippen LogP contribution in [0.3, 0.4) is 0 Å². The van der Waals surface area contributed by atoms with E-state index in [9.17, 15) is 13.6 Å². The van der Waals surface area contributed by atoms with Gasteiger partial charge in [0, 0.05) is 24.3 Å². The lowest BCUT2D eigenvalue weighted by molar-refractivity contribution is -0.136. The molecule has 1 atom stereocenters. The Bertz CT molecular complexity index is 1120. The summed E-state index contributed by atoms with van der Waals surface area (Å²) < 4.78 is 28.9. The predicted molar refractivity (Wildman–Crippen MR) is 131 cm³/mol. The van der Waals surface area contributed by atoms with Crippen molar-refractivity contribution in [2.75, 3.05) is 11.9 Å². The zero-order chi connectivity index (χ0) is 23.0. The van der Waals surface area contributed by atoms with E-state index in [0.29, 0.717) is 42.7 Å². The molecule has 0 aliphatic carbocycles. The van der Waals surface area contributed by atoms with Crippen LogP contribution < -0.4 is 11.1 Å². The SMILES string of the molecule is CC(C)(C)[C@H](N)C(=O)N1CCn2c(nc(-c3ccc(F)cc3)c2Nc2ccc(F)cc2)C1.S. The van der Waals surface area contributed by atoms with Crippen molar-refractivity contribution < 1.29 is 13.6 Å². The Kier molecular flexibility index (Phi) is 7.14. The van der Waals surface area contributed by atoms with E-state index < -0.39 is 6.04 Å². The molecule has 0 saturated carbocycles. The summed E-state index contributed by atoms with van der Waals surface area (Å²) in [4.78, 5) is 19.5. The van der Waals surface area contributed by atoms with Gasteiger partial charge in [0.05, 0.1) is 12.6 Å². The van der Waals surface area contributed by atoms with Crippen molar-refractivity contribution in [2.45, 2.75) is 39.9 Å². The van der Waals surface area contributed by atoms with E-state index in [-0.39, 0.29) is 36.5 Å². The van der Waals surface area contributed by atoms with Crippen LogP contribution in [0, 0.1) is 17.0 Å². The van der Waals surface area contributed by atoms with Crippen molar-refractivity contribution in [3.05, 3.63) is 66.0 Å². The van der Waals surface area contributed by atoms with Gasteiger partial charge in [0.1, 0.15) is 29.0 Å². The molecule has 0 spiro atoms. The van der Waals surface area contributed by atoms with Gasteiger partial charge in [-0.05, 0) is 53.9 Å². The Labute approximate surface area is 199 Å². The third-order valence-electron chi connectivity index (χ3n) is 5.71. The monoisotopic (exact) mass is 473 g/mol. The van der Waals surface area contributed by atoms with Crippen molar-refractivity contribution in [1.29, 1.82) is 0 Å². The summed E-state index contributed by atoms with van der Waals surface area (Å²) in [5.74, 6) is 0.649. The lowest BCUT2D eigenvalue weighted by atomic mass is 9.86. The number of nitrogens with two attached hydrogens (primary N) is 1. The molecule has 0 fully saturated rings. The van der Waals surface area contributed by atoms with Crippen molar-refractivity contribution in [1.82, 2.24) is 14.5 Å². The zero-order valence-corrected chi connectivity index (χ0v) is 19.9. The number of anilines is 2. The number of rotatable bonds is 4. The molecular formula is C24H29F2N5OS. The highest BCUT2D eigenvalue weighted by atomic mass is 32.1. The fourth-order valence-electron chi connectivity index (χ4n) is 3.69. The number of halogens is 2. The Morgan fingerprint density at radius 2 is 1.61 bits per heavy atom. The number of benzene rings is 2. The first kappa shape index (κ1) is 24.7. The number of hydrogen-bond donors (Lipinski definition) is 2. The standard InChI is InChI=1S/C24H27F2N5O.H2S/c1-24(2,3)21(27)23(32)30-12-13-31-19(14-30)29-20(15-4-6-16(25)7-5-15)22(31)28-18-10-8-17(26)9-11-18;/h4-11,21,28H,12-14,27H2,1-3H3;1H2/t21-;/m1./s1. The van der Waals surface area contributed by atoms with Crippen molar-refractivity contribution in [3.8, 4) is 11.3 Å². The summed E-state index contributed by atoms with van der Waals surface area (Å²) in [5.41, 5.74) is 7.93. The smallest absolute Gasteiger partial charge is 0.240 e. The normalized spacial score (nSPS) is 14.3. The maximum atomic E-state index is 13.5. The summed E-state index contributed by atoms with van der Waals surface area (Å²) in [5, 5.41) is 3.32. The lowest BCUT2D eigenvalue weighted by Crippen LogP contribution is -2.52. The molecule has 1 aliphatic rings. The van der Waals surface area contributed by atoms with Crippen LogP contribution in [0.5, 0.6) is 0 Å². The van der Waals surface area contributed by atoms with Crippen molar-refractivity contribution in [2.24, 2.45) is 11.1 Å². The molecule has 9 heteroatoms. The molecule has 4 rings (SSSR count). The van der Waals surface area contributed by atoms with Crippen molar-refractivity contribution in [3.63, 3.8) is 0 Å². The molecule has 0 saturated heterocycles. The number of aromatic nitrogens is 2. The summed E-state index contributed by atoms with van der Waals surface area (Å²) in [7, 11) is 0. The summed E-state index contributed by atoms with van der Waals surface area (Å²) >= 11 is 0. The molecule has 2 aromatic carbocycles. The zero-order valence-electron chi connectivity index (χ0n) is 18.9. The van der Waals surface area contributed by atoms with Crippen LogP contribution >= 0.6 is 13.5 Å². The van der Waals surface area contributed by atoms with E-state index in [2.05, 4.69) is 5.32 Å². The third-order valence-corrected chi connectivity index (χ3v) is 5.71. The highest BCUT2D eigenvalue weighted by Crippen LogP contribution is 2.34. The van der Waals surface area contributed by atoms with E-state index in [0.717, 1.165) is 5.56 Å². The maximum absolute atomic E-state index is 13.5. The first-order chi connectivity index (χ1) is 15.1. The van der Waals surface area contributed by atoms with Gasteiger partial charge in [-0.3, -0.25) is 4.79 Å². The number of imidazole rings is 1. The topological polar surface area (TPSA) is 76.2 Å². The highest BCUT2D eigenvalue weighted by Gasteiger charge is 2.34. The second kappa shape index (κ2) is 9.52. The Morgan fingerprint density at radius 3 is 2.18 bits per heavy atom. The van der Waals surface area contributed by atoms with Crippen LogP contribution in [0.25, 0.3) is 11.3 Å². The molecule has 1 amide bonds. The van der Waals surface area contributed by atoms with Gasteiger partial charge in [-0.15, -0.1) is 0 Å². The van der Waals surface area contributed by atoms with Gasteiger partial charge in [-0.1, -0.05) is 20.8 Å². The molecule has 0 bridgehead atoms. The Morgan fingerprint density at radius 1 is 1.03 bits per heavy atom. The van der Waals surface area contributed by atoms with E-state index in [1.54, 1.807) is 29.2 Å². The molecule has 2 heterocycles. The molecule has 3 aromatic rings. The molecule has 1 aliphatic heterocycles. The fraction of sp³-hybridized carbons (Fsp3) is 0.333. The number of fused-ring (bicyclic) bond motifs is 1. The summed E-state index contributed by atoms with van der Waals surface area (Å²) in [6, 6.07) is 11.5. The molecule has 6 nitrogen and oxygen atoms in total.